The van der Waals surface area contributed by atoms with Crippen molar-refractivity contribution in [3.8, 4) is 0 Å². The summed E-state index contributed by atoms with van der Waals surface area (Å²) in [5, 5.41) is 17.2. The lowest BCUT2D eigenvalue weighted by molar-refractivity contribution is -0.149. The lowest BCUT2D eigenvalue weighted by Crippen LogP contribution is -2.43. The van der Waals surface area contributed by atoms with Gasteiger partial charge < -0.3 is 14.9 Å². The highest BCUT2D eigenvalue weighted by molar-refractivity contribution is 5.91. The molecule has 1 N–H and O–H groups in total. The van der Waals surface area contributed by atoms with Gasteiger partial charge in [0.2, 0.25) is 0 Å². The summed E-state index contributed by atoms with van der Waals surface area (Å²) in [7, 11) is 3.32. The Morgan fingerprint density at radius 2 is 1.86 bits per heavy atom. The summed E-state index contributed by atoms with van der Waals surface area (Å²) >= 11 is 0. The summed E-state index contributed by atoms with van der Waals surface area (Å²) in [6, 6.07) is 3.41. The van der Waals surface area contributed by atoms with Crippen molar-refractivity contribution < 1.29 is 14.7 Å². The molecule has 1 amide bonds. The van der Waals surface area contributed by atoms with Gasteiger partial charge in [0.1, 0.15) is 0 Å². The molecule has 0 aliphatic carbocycles. The lowest BCUT2D eigenvalue weighted by atomic mass is 9.80. The van der Waals surface area contributed by atoms with Gasteiger partial charge in [-0.3, -0.25) is 9.59 Å². The fourth-order valence-electron chi connectivity index (χ4n) is 2.28. The number of aromatic nitrogens is 2. The molecule has 7 nitrogen and oxygen atoms in total. The predicted octanol–water partition coefficient (Wildman–Crippen LogP) is 0.869. The summed E-state index contributed by atoms with van der Waals surface area (Å²) in [6.07, 6.45) is 1.14. The molecule has 1 aromatic heterocycles. The first-order chi connectivity index (χ1) is 9.83. The number of aliphatic carboxylic acids is 1. The van der Waals surface area contributed by atoms with Crippen LogP contribution in [0, 0.1) is 5.41 Å². The van der Waals surface area contributed by atoms with Crippen LogP contribution in [-0.2, 0) is 4.79 Å². The average molecular weight is 292 g/mol. The van der Waals surface area contributed by atoms with Gasteiger partial charge in [-0.1, -0.05) is 0 Å². The molecule has 1 aliphatic heterocycles. The van der Waals surface area contributed by atoms with E-state index in [1.165, 1.54) is 4.90 Å². The van der Waals surface area contributed by atoms with Gasteiger partial charge in [-0.05, 0) is 31.9 Å². The number of hydrogen-bond acceptors (Lipinski definition) is 5. The normalized spacial score (nSPS) is 17.4. The van der Waals surface area contributed by atoms with E-state index < -0.39 is 11.4 Å². The molecule has 0 bridgehead atoms. The van der Waals surface area contributed by atoms with Crippen molar-refractivity contribution in [2.24, 2.45) is 5.41 Å². The number of nitrogens with zero attached hydrogens (tertiary/aromatic N) is 4. The zero-order chi connectivity index (χ0) is 15.6. The SMILES string of the molecule is CN(C)C(=O)c1ccc(N2CCC(C)(C(=O)O)CC2)nn1. The minimum Gasteiger partial charge on any atom is -0.481 e. The third-order valence-electron chi connectivity index (χ3n) is 3.98. The van der Waals surface area contributed by atoms with E-state index in [4.69, 9.17) is 0 Å². The summed E-state index contributed by atoms with van der Waals surface area (Å²) in [5.74, 6) is -0.260. The van der Waals surface area contributed by atoms with Crippen LogP contribution in [0.1, 0.15) is 30.3 Å². The highest BCUT2D eigenvalue weighted by Crippen LogP contribution is 2.32. The molecule has 0 unspecified atom stereocenters. The average Bonchev–Trinajstić information content (AvgIpc) is 2.47. The number of carboxylic acids is 1. The Balaban J connectivity index is 2.05. The summed E-state index contributed by atoms with van der Waals surface area (Å²) < 4.78 is 0. The monoisotopic (exact) mass is 292 g/mol. The summed E-state index contributed by atoms with van der Waals surface area (Å²) in [5.41, 5.74) is -0.360. The van der Waals surface area contributed by atoms with E-state index in [-0.39, 0.29) is 5.91 Å². The van der Waals surface area contributed by atoms with Crippen molar-refractivity contribution in [2.75, 3.05) is 32.1 Å². The maximum Gasteiger partial charge on any atom is 0.309 e. The number of carbonyl (C=O) groups excluding carboxylic acids is 1. The first-order valence-electron chi connectivity index (χ1n) is 6.87. The van der Waals surface area contributed by atoms with Crippen LogP contribution in [0.4, 0.5) is 5.82 Å². The van der Waals surface area contributed by atoms with Gasteiger partial charge in [-0.2, -0.15) is 0 Å². The van der Waals surface area contributed by atoms with Crippen molar-refractivity contribution in [3.63, 3.8) is 0 Å². The Morgan fingerprint density at radius 1 is 1.24 bits per heavy atom. The molecule has 114 valence electrons. The largest absolute Gasteiger partial charge is 0.481 e. The van der Waals surface area contributed by atoms with E-state index in [1.54, 1.807) is 33.2 Å². The fraction of sp³-hybridized carbons (Fsp3) is 0.571. The molecular formula is C14H20N4O3. The number of hydrogen-bond donors (Lipinski definition) is 1. The molecule has 2 heterocycles. The van der Waals surface area contributed by atoms with Gasteiger partial charge in [0.15, 0.2) is 11.5 Å². The zero-order valence-corrected chi connectivity index (χ0v) is 12.5. The molecular weight excluding hydrogens is 272 g/mol. The van der Waals surface area contributed by atoms with Crippen LogP contribution in [0.2, 0.25) is 0 Å². The van der Waals surface area contributed by atoms with E-state index in [0.717, 1.165) is 0 Å². The second-order valence-corrected chi connectivity index (χ2v) is 5.83. The molecule has 0 aromatic carbocycles. The van der Waals surface area contributed by atoms with Gasteiger partial charge >= 0.3 is 5.97 Å². The number of anilines is 1. The second kappa shape index (κ2) is 5.67. The molecule has 1 aliphatic rings. The Hall–Kier alpha value is -2.18. The van der Waals surface area contributed by atoms with Crippen LogP contribution in [0.5, 0.6) is 0 Å². The Morgan fingerprint density at radius 3 is 2.29 bits per heavy atom. The van der Waals surface area contributed by atoms with Crippen molar-refractivity contribution in [2.45, 2.75) is 19.8 Å². The van der Waals surface area contributed by atoms with Crippen molar-refractivity contribution in [1.29, 1.82) is 0 Å². The van der Waals surface area contributed by atoms with E-state index in [2.05, 4.69) is 10.2 Å². The Kier molecular flexibility index (Phi) is 4.11. The first-order valence-corrected chi connectivity index (χ1v) is 6.87. The topological polar surface area (TPSA) is 86.6 Å². The quantitative estimate of drug-likeness (QED) is 0.889. The fourth-order valence-corrected chi connectivity index (χ4v) is 2.28. The number of carbonyl (C=O) groups is 2. The molecule has 21 heavy (non-hydrogen) atoms. The number of rotatable bonds is 3. The van der Waals surface area contributed by atoms with E-state index in [9.17, 15) is 14.7 Å². The van der Waals surface area contributed by atoms with Crippen LogP contribution in [-0.4, -0.2) is 59.3 Å². The predicted molar refractivity (Wildman–Crippen MR) is 77.2 cm³/mol. The first kappa shape index (κ1) is 15.2. The van der Waals surface area contributed by atoms with Crippen LogP contribution in [0.25, 0.3) is 0 Å². The van der Waals surface area contributed by atoms with Crippen molar-refractivity contribution in [3.05, 3.63) is 17.8 Å². The number of carboxylic acid groups (broad SMARTS) is 1. The highest BCUT2D eigenvalue weighted by atomic mass is 16.4. The van der Waals surface area contributed by atoms with E-state index in [0.29, 0.717) is 37.4 Å². The Labute approximate surface area is 123 Å². The van der Waals surface area contributed by atoms with Crippen LogP contribution in [0.3, 0.4) is 0 Å². The maximum atomic E-state index is 11.7. The van der Waals surface area contributed by atoms with E-state index in [1.807, 2.05) is 4.90 Å². The summed E-state index contributed by atoms with van der Waals surface area (Å²) in [4.78, 5) is 26.4. The molecule has 1 saturated heterocycles. The molecule has 1 fully saturated rings. The van der Waals surface area contributed by atoms with Gasteiger partial charge in [0.25, 0.3) is 5.91 Å². The van der Waals surface area contributed by atoms with E-state index >= 15 is 0 Å². The number of amides is 1. The van der Waals surface area contributed by atoms with Gasteiger partial charge in [-0.15, -0.1) is 10.2 Å². The van der Waals surface area contributed by atoms with Crippen LogP contribution in [0.15, 0.2) is 12.1 Å². The summed E-state index contributed by atoms with van der Waals surface area (Å²) in [6.45, 7) is 3.02. The minimum absolute atomic E-state index is 0.189. The molecule has 0 spiro atoms. The lowest BCUT2D eigenvalue weighted by Gasteiger charge is -2.36. The van der Waals surface area contributed by atoms with Gasteiger partial charge in [0, 0.05) is 27.2 Å². The molecule has 0 radical (unpaired) electrons. The molecule has 0 saturated carbocycles. The Bertz CT molecular complexity index is 534. The third-order valence-corrected chi connectivity index (χ3v) is 3.98. The highest BCUT2D eigenvalue weighted by Gasteiger charge is 2.37. The van der Waals surface area contributed by atoms with Gasteiger partial charge in [-0.25, -0.2) is 0 Å². The van der Waals surface area contributed by atoms with Crippen LogP contribution < -0.4 is 4.90 Å². The molecule has 1 aromatic rings. The zero-order valence-electron chi connectivity index (χ0n) is 12.5. The maximum absolute atomic E-state index is 11.7. The molecule has 0 atom stereocenters. The smallest absolute Gasteiger partial charge is 0.309 e. The molecule has 7 heteroatoms. The van der Waals surface area contributed by atoms with Crippen molar-refractivity contribution >= 4 is 17.7 Å². The minimum atomic E-state index is -0.750. The second-order valence-electron chi connectivity index (χ2n) is 5.83. The standard InChI is InChI=1S/C14H20N4O3/c1-14(13(20)21)6-8-18(9-7-14)11-5-4-10(15-16-11)12(19)17(2)3/h4-5H,6-9H2,1-3H3,(H,20,21). The van der Waals surface area contributed by atoms with Crippen LogP contribution >= 0.6 is 0 Å². The van der Waals surface area contributed by atoms with Crippen molar-refractivity contribution in [1.82, 2.24) is 15.1 Å². The molecule has 2 rings (SSSR count). The van der Waals surface area contributed by atoms with Gasteiger partial charge in [0.05, 0.1) is 5.41 Å². The third kappa shape index (κ3) is 3.12. The number of piperidine rings is 1.